The summed E-state index contributed by atoms with van der Waals surface area (Å²) in [4.78, 5) is 3.75. The van der Waals surface area contributed by atoms with Gasteiger partial charge in [-0.1, -0.05) is 18.7 Å². The fraction of sp³-hybridized carbons (Fsp3) is 0.231. The lowest BCUT2D eigenvalue weighted by Gasteiger charge is -2.09. The lowest BCUT2D eigenvalue weighted by Crippen LogP contribution is -2.07. The van der Waals surface area contributed by atoms with E-state index >= 15 is 0 Å². The zero-order chi connectivity index (χ0) is 13.5. The van der Waals surface area contributed by atoms with E-state index in [2.05, 4.69) is 11.6 Å². The van der Waals surface area contributed by atoms with Crippen molar-refractivity contribution in [3.8, 4) is 5.75 Å². The van der Waals surface area contributed by atoms with Gasteiger partial charge in [-0.3, -0.25) is 5.41 Å². The molecule has 1 rings (SSSR count). The van der Waals surface area contributed by atoms with E-state index in [1.807, 2.05) is 24.3 Å². The monoisotopic (exact) mass is 266 g/mol. The molecule has 0 aliphatic carbocycles. The first kappa shape index (κ1) is 14.3. The van der Waals surface area contributed by atoms with Gasteiger partial charge >= 0.3 is 0 Å². The van der Waals surface area contributed by atoms with Crippen LogP contribution in [0, 0.1) is 5.41 Å². The summed E-state index contributed by atoms with van der Waals surface area (Å²) < 4.78 is 10.6. The molecule has 0 atom stereocenters. The summed E-state index contributed by atoms with van der Waals surface area (Å²) in [6, 6.07) is 7.50. The van der Waals surface area contributed by atoms with Crippen molar-refractivity contribution in [1.82, 2.24) is 0 Å². The van der Waals surface area contributed by atoms with Crippen LogP contribution in [0.1, 0.15) is 12.5 Å². The van der Waals surface area contributed by atoms with E-state index in [1.54, 1.807) is 14.0 Å². The molecule has 0 spiro atoms. The molecular formula is C13H15ClN2O2. The van der Waals surface area contributed by atoms with Crippen LogP contribution in [0.3, 0.4) is 0 Å². The molecule has 5 heteroatoms. The second-order valence-electron chi connectivity index (χ2n) is 3.63. The number of rotatable bonds is 4. The number of nitrogens with one attached hydrogen (secondary N) is 1. The summed E-state index contributed by atoms with van der Waals surface area (Å²) >= 11 is 5.40. The third-order valence-corrected chi connectivity index (χ3v) is 2.16. The van der Waals surface area contributed by atoms with Crippen molar-refractivity contribution >= 4 is 22.8 Å². The van der Waals surface area contributed by atoms with Gasteiger partial charge in [0, 0.05) is 5.57 Å². The second-order valence-corrected chi connectivity index (χ2v) is 3.99. The largest absolute Gasteiger partial charge is 0.497 e. The Bertz CT molecular complexity index is 484. The van der Waals surface area contributed by atoms with Crippen LogP contribution in [-0.2, 0) is 11.3 Å². The van der Waals surface area contributed by atoms with Crippen LogP contribution in [0.5, 0.6) is 5.75 Å². The maximum atomic E-state index is 7.10. The molecule has 0 fully saturated rings. The molecule has 0 radical (unpaired) electrons. The van der Waals surface area contributed by atoms with Gasteiger partial charge in [0.25, 0.3) is 0 Å². The normalized spacial score (nSPS) is 10.9. The van der Waals surface area contributed by atoms with Crippen molar-refractivity contribution in [3.05, 3.63) is 42.0 Å². The molecule has 0 saturated heterocycles. The first-order valence-electron chi connectivity index (χ1n) is 5.27. The lowest BCUT2D eigenvalue weighted by molar-refractivity contribution is 0.292. The van der Waals surface area contributed by atoms with E-state index < -0.39 is 0 Å². The van der Waals surface area contributed by atoms with Crippen LogP contribution < -0.4 is 4.74 Å². The standard InChI is InChI=1S/C13H15ClN2O2/c1-9(2)12(16-13(14)15)18-8-10-5-4-6-11(7-10)17-3/h4-7,15H,1,8H2,2-3H3/b15-13?,16-12+. The zero-order valence-electron chi connectivity index (χ0n) is 10.4. The van der Waals surface area contributed by atoms with Crippen molar-refractivity contribution in [3.63, 3.8) is 0 Å². The average molecular weight is 267 g/mol. The lowest BCUT2D eigenvalue weighted by atomic mass is 10.2. The van der Waals surface area contributed by atoms with Gasteiger partial charge in [-0.2, -0.15) is 4.99 Å². The van der Waals surface area contributed by atoms with Gasteiger partial charge in [-0.05, 0) is 36.2 Å². The van der Waals surface area contributed by atoms with E-state index in [1.165, 1.54) is 0 Å². The molecule has 1 N–H and O–H groups in total. The Kier molecular flexibility index (Phi) is 5.39. The third kappa shape index (κ3) is 4.59. The Morgan fingerprint density at radius 3 is 2.78 bits per heavy atom. The van der Waals surface area contributed by atoms with E-state index in [9.17, 15) is 0 Å². The fourth-order valence-corrected chi connectivity index (χ4v) is 1.33. The number of nitrogens with zero attached hydrogens (tertiary/aromatic N) is 1. The molecule has 96 valence electrons. The van der Waals surface area contributed by atoms with Gasteiger partial charge in [-0.25, -0.2) is 0 Å². The molecule has 0 aliphatic heterocycles. The second kappa shape index (κ2) is 6.81. The molecule has 0 heterocycles. The SMILES string of the molecule is C=C(C)/C(=N\C(=N)Cl)OCc1cccc(OC)c1. The zero-order valence-corrected chi connectivity index (χ0v) is 11.1. The van der Waals surface area contributed by atoms with Gasteiger partial charge in [0.15, 0.2) is 0 Å². The number of hydrogen-bond donors (Lipinski definition) is 1. The predicted octanol–water partition coefficient (Wildman–Crippen LogP) is 3.36. The Morgan fingerprint density at radius 1 is 1.50 bits per heavy atom. The van der Waals surface area contributed by atoms with E-state index in [4.69, 9.17) is 26.5 Å². The molecule has 1 aromatic rings. The number of methoxy groups -OCH3 is 1. The van der Waals surface area contributed by atoms with Crippen molar-refractivity contribution < 1.29 is 9.47 Å². The molecule has 18 heavy (non-hydrogen) atoms. The van der Waals surface area contributed by atoms with E-state index in [-0.39, 0.29) is 11.2 Å². The molecule has 0 amide bonds. The summed E-state index contributed by atoms with van der Waals surface area (Å²) in [5, 5.41) is 6.77. The highest BCUT2D eigenvalue weighted by molar-refractivity contribution is 6.64. The first-order chi connectivity index (χ1) is 8.52. The highest BCUT2D eigenvalue weighted by Crippen LogP contribution is 2.14. The molecular weight excluding hydrogens is 252 g/mol. The summed E-state index contributed by atoms with van der Waals surface area (Å²) in [6.07, 6.45) is 0. The van der Waals surface area contributed by atoms with Crippen LogP contribution in [-0.4, -0.2) is 18.3 Å². The van der Waals surface area contributed by atoms with Crippen LogP contribution >= 0.6 is 11.6 Å². The van der Waals surface area contributed by atoms with Gasteiger partial charge in [0.1, 0.15) is 12.4 Å². The number of halogens is 1. The molecule has 4 nitrogen and oxygen atoms in total. The highest BCUT2D eigenvalue weighted by atomic mass is 35.5. The predicted molar refractivity (Wildman–Crippen MR) is 73.6 cm³/mol. The van der Waals surface area contributed by atoms with Crippen molar-refractivity contribution in [1.29, 1.82) is 5.41 Å². The minimum Gasteiger partial charge on any atom is -0.497 e. The molecule has 0 aromatic heterocycles. The maximum Gasteiger partial charge on any atom is 0.218 e. The van der Waals surface area contributed by atoms with Crippen LogP contribution in [0.2, 0.25) is 0 Å². The highest BCUT2D eigenvalue weighted by Gasteiger charge is 2.04. The summed E-state index contributed by atoms with van der Waals surface area (Å²) in [5.41, 5.74) is 1.55. The van der Waals surface area contributed by atoms with Crippen molar-refractivity contribution in [2.75, 3.05) is 7.11 Å². The smallest absolute Gasteiger partial charge is 0.218 e. The minimum atomic E-state index is -0.335. The minimum absolute atomic E-state index is 0.262. The Labute approximate surface area is 111 Å². The van der Waals surface area contributed by atoms with Gasteiger partial charge in [-0.15, -0.1) is 0 Å². The van der Waals surface area contributed by atoms with E-state index in [0.29, 0.717) is 12.2 Å². The van der Waals surface area contributed by atoms with Crippen molar-refractivity contribution in [2.24, 2.45) is 4.99 Å². The summed E-state index contributed by atoms with van der Waals surface area (Å²) in [5.74, 6) is 1.02. The average Bonchev–Trinajstić information content (AvgIpc) is 2.34. The Balaban J connectivity index is 2.73. The summed E-state index contributed by atoms with van der Waals surface area (Å²) in [7, 11) is 1.61. The topological polar surface area (TPSA) is 54.7 Å². The molecule has 0 bridgehead atoms. The Hall–Kier alpha value is -1.81. The number of hydrogen-bond acceptors (Lipinski definition) is 3. The third-order valence-electron chi connectivity index (χ3n) is 2.07. The van der Waals surface area contributed by atoms with Crippen LogP contribution in [0.25, 0.3) is 0 Å². The molecule has 0 saturated carbocycles. The van der Waals surface area contributed by atoms with E-state index in [0.717, 1.165) is 11.3 Å². The molecule has 0 unspecified atom stereocenters. The van der Waals surface area contributed by atoms with Crippen LogP contribution in [0.15, 0.2) is 41.4 Å². The van der Waals surface area contributed by atoms with Gasteiger partial charge in [0.05, 0.1) is 7.11 Å². The number of benzene rings is 1. The quantitative estimate of drug-likeness (QED) is 0.516. The van der Waals surface area contributed by atoms with Gasteiger partial charge in [0.2, 0.25) is 11.2 Å². The fourth-order valence-electron chi connectivity index (χ4n) is 1.25. The molecule has 0 aliphatic rings. The summed E-state index contributed by atoms with van der Waals surface area (Å²) in [6.45, 7) is 5.77. The van der Waals surface area contributed by atoms with Crippen LogP contribution in [0.4, 0.5) is 0 Å². The molecule has 1 aromatic carbocycles. The van der Waals surface area contributed by atoms with Crippen molar-refractivity contribution in [2.45, 2.75) is 13.5 Å². The Morgan fingerprint density at radius 2 is 2.22 bits per heavy atom. The maximum absolute atomic E-state index is 7.10. The number of amidine groups is 1. The van der Waals surface area contributed by atoms with Gasteiger partial charge < -0.3 is 9.47 Å². The number of ether oxygens (including phenoxy) is 2. The first-order valence-corrected chi connectivity index (χ1v) is 5.65. The number of aliphatic imine (C=N–C) groups is 1.